The topological polar surface area (TPSA) is 32.3 Å². The van der Waals surface area contributed by atoms with Crippen molar-refractivity contribution in [1.82, 2.24) is 5.32 Å². The molecule has 12 heavy (non-hydrogen) atoms. The van der Waals surface area contributed by atoms with Crippen LogP contribution in [0.3, 0.4) is 0 Å². The average Bonchev–Trinajstić information content (AvgIpc) is 2.15. The summed E-state index contributed by atoms with van der Waals surface area (Å²) in [6.45, 7) is 2.38. The zero-order valence-electron chi connectivity index (χ0n) is 7.42. The van der Waals surface area contributed by atoms with Gasteiger partial charge in [-0.15, -0.1) is 12.3 Å². The summed E-state index contributed by atoms with van der Waals surface area (Å²) in [6, 6.07) is 0. The molecule has 1 atom stereocenters. The molecule has 0 saturated carbocycles. The number of terminal acetylenes is 1. The summed E-state index contributed by atoms with van der Waals surface area (Å²) in [6.07, 6.45) is 8.50. The molecule has 0 aromatic rings. The first-order chi connectivity index (χ1) is 5.88. The molecule has 2 N–H and O–H groups in total. The molecule has 0 aromatic carbocycles. The SMILES string of the molecule is C#CC(CCO)C1CCNCC1. The first-order valence-corrected chi connectivity index (χ1v) is 4.66. The maximum absolute atomic E-state index is 8.79. The van der Waals surface area contributed by atoms with Gasteiger partial charge in [0.15, 0.2) is 0 Å². The summed E-state index contributed by atoms with van der Waals surface area (Å²) >= 11 is 0. The van der Waals surface area contributed by atoms with Gasteiger partial charge in [-0.25, -0.2) is 0 Å². The van der Waals surface area contributed by atoms with Gasteiger partial charge in [-0.3, -0.25) is 0 Å². The maximum atomic E-state index is 8.79. The van der Waals surface area contributed by atoms with Crippen molar-refractivity contribution in [2.45, 2.75) is 19.3 Å². The molecule has 0 radical (unpaired) electrons. The van der Waals surface area contributed by atoms with E-state index in [9.17, 15) is 0 Å². The minimum absolute atomic E-state index is 0.221. The first kappa shape index (κ1) is 9.57. The molecule has 0 amide bonds. The molecule has 1 heterocycles. The van der Waals surface area contributed by atoms with Crippen molar-refractivity contribution in [3.05, 3.63) is 0 Å². The van der Waals surface area contributed by atoms with Crippen LogP contribution in [0.15, 0.2) is 0 Å². The van der Waals surface area contributed by atoms with Crippen LogP contribution >= 0.6 is 0 Å². The smallest absolute Gasteiger partial charge is 0.0442 e. The van der Waals surface area contributed by atoms with Gasteiger partial charge in [0.2, 0.25) is 0 Å². The molecule has 0 spiro atoms. The monoisotopic (exact) mass is 167 g/mol. The number of nitrogens with one attached hydrogen (secondary N) is 1. The number of piperidine rings is 1. The summed E-state index contributed by atoms with van der Waals surface area (Å²) in [5.41, 5.74) is 0. The van der Waals surface area contributed by atoms with E-state index in [0.717, 1.165) is 32.4 Å². The number of aliphatic hydroxyl groups excluding tert-OH is 1. The number of hydrogen-bond donors (Lipinski definition) is 2. The van der Waals surface area contributed by atoms with Crippen molar-refractivity contribution in [3.8, 4) is 12.3 Å². The Bertz CT molecular complexity index is 156. The van der Waals surface area contributed by atoms with Crippen molar-refractivity contribution in [2.24, 2.45) is 11.8 Å². The first-order valence-electron chi connectivity index (χ1n) is 4.66. The third-order valence-corrected chi connectivity index (χ3v) is 2.61. The highest BCUT2D eigenvalue weighted by atomic mass is 16.3. The molecule has 0 aliphatic carbocycles. The standard InChI is InChI=1S/C10H17NO/c1-2-9(5-8-12)10-3-6-11-7-4-10/h1,9-12H,3-8H2. The zero-order valence-corrected chi connectivity index (χ0v) is 7.42. The lowest BCUT2D eigenvalue weighted by Gasteiger charge is -2.26. The predicted molar refractivity (Wildman–Crippen MR) is 49.6 cm³/mol. The molecular formula is C10H17NO. The summed E-state index contributed by atoms with van der Waals surface area (Å²) in [5.74, 6) is 3.70. The Kier molecular flexibility index (Phi) is 4.13. The van der Waals surface area contributed by atoms with Crippen LogP contribution in [0, 0.1) is 24.2 Å². The van der Waals surface area contributed by atoms with E-state index in [-0.39, 0.29) is 12.5 Å². The molecule has 1 saturated heterocycles. The van der Waals surface area contributed by atoms with Crippen LogP contribution in [0.4, 0.5) is 0 Å². The van der Waals surface area contributed by atoms with Gasteiger partial charge in [-0.1, -0.05) is 0 Å². The van der Waals surface area contributed by atoms with E-state index < -0.39 is 0 Å². The number of aliphatic hydroxyl groups is 1. The van der Waals surface area contributed by atoms with Crippen LogP contribution in [0.25, 0.3) is 0 Å². The Morgan fingerprint density at radius 2 is 2.17 bits per heavy atom. The third kappa shape index (κ3) is 2.51. The van der Waals surface area contributed by atoms with E-state index in [1.807, 2.05) is 0 Å². The molecule has 1 aliphatic rings. The maximum Gasteiger partial charge on any atom is 0.0442 e. The molecule has 0 bridgehead atoms. The van der Waals surface area contributed by atoms with Gasteiger partial charge in [0, 0.05) is 12.5 Å². The molecule has 0 aromatic heterocycles. The lowest BCUT2D eigenvalue weighted by molar-refractivity contribution is 0.225. The van der Waals surface area contributed by atoms with Gasteiger partial charge in [0.1, 0.15) is 0 Å². The van der Waals surface area contributed by atoms with Crippen LogP contribution in [0.1, 0.15) is 19.3 Å². The Balaban J connectivity index is 2.36. The second kappa shape index (κ2) is 5.18. The fraction of sp³-hybridized carbons (Fsp3) is 0.800. The normalized spacial score (nSPS) is 21.7. The minimum Gasteiger partial charge on any atom is -0.396 e. The second-order valence-electron chi connectivity index (χ2n) is 3.37. The van der Waals surface area contributed by atoms with Crippen molar-refractivity contribution in [2.75, 3.05) is 19.7 Å². The fourth-order valence-corrected chi connectivity index (χ4v) is 1.84. The quantitative estimate of drug-likeness (QED) is 0.604. The Morgan fingerprint density at radius 1 is 1.50 bits per heavy atom. The van der Waals surface area contributed by atoms with Gasteiger partial charge in [-0.2, -0.15) is 0 Å². The van der Waals surface area contributed by atoms with Gasteiger partial charge in [0.05, 0.1) is 0 Å². The molecule has 1 fully saturated rings. The van der Waals surface area contributed by atoms with Crippen LogP contribution in [-0.2, 0) is 0 Å². The summed E-state index contributed by atoms with van der Waals surface area (Å²) < 4.78 is 0. The van der Waals surface area contributed by atoms with Crippen molar-refractivity contribution in [1.29, 1.82) is 0 Å². The minimum atomic E-state index is 0.221. The highest BCUT2D eigenvalue weighted by Gasteiger charge is 2.20. The summed E-state index contributed by atoms with van der Waals surface area (Å²) in [5, 5.41) is 12.1. The Hall–Kier alpha value is -0.520. The summed E-state index contributed by atoms with van der Waals surface area (Å²) in [7, 11) is 0. The number of rotatable bonds is 3. The van der Waals surface area contributed by atoms with Crippen LogP contribution in [0.2, 0.25) is 0 Å². The molecule has 1 rings (SSSR count). The van der Waals surface area contributed by atoms with Gasteiger partial charge in [-0.05, 0) is 38.3 Å². The van der Waals surface area contributed by atoms with E-state index >= 15 is 0 Å². The van der Waals surface area contributed by atoms with Crippen LogP contribution in [-0.4, -0.2) is 24.8 Å². The highest BCUT2D eigenvalue weighted by Crippen LogP contribution is 2.23. The van der Waals surface area contributed by atoms with E-state index in [1.54, 1.807) is 0 Å². The summed E-state index contributed by atoms with van der Waals surface area (Å²) in [4.78, 5) is 0. The highest BCUT2D eigenvalue weighted by molar-refractivity contribution is 4.97. The molecular weight excluding hydrogens is 150 g/mol. The molecule has 1 unspecified atom stereocenters. The van der Waals surface area contributed by atoms with Crippen molar-refractivity contribution < 1.29 is 5.11 Å². The van der Waals surface area contributed by atoms with E-state index in [2.05, 4.69) is 11.2 Å². The Labute approximate surface area is 74.4 Å². The van der Waals surface area contributed by atoms with E-state index in [4.69, 9.17) is 11.5 Å². The largest absolute Gasteiger partial charge is 0.396 e. The molecule has 68 valence electrons. The van der Waals surface area contributed by atoms with Crippen molar-refractivity contribution in [3.63, 3.8) is 0 Å². The number of hydrogen-bond acceptors (Lipinski definition) is 2. The van der Waals surface area contributed by atoms with Crippen LogP contribution < -0.4 is 5.32 Å². The third-order valence-electron chi connectivity index (χ3n) is 2.61. The van der Waals surface area contributed by atoms with E-state index in [1.165, 1.54) is 0 Å². The molecule has 2 nitrogen and oxygen atoms in total. The lowest BCUT2D eigenvalue weighted by atomic mass is 9.83. The van der Waals surface area contributed by atoms with E-state index in [0.29, 0.717) is 5.92 Å². The van der Waals surface area contributed by atoms with Gasteiger partial charge < -0.3 is 10.4 Å². The van der Waals surface area contributed by atoms with Gasteiger partial charge in [0.25, 0.3) is 0 Å². The Morgan fingerprint density at radius 3 is 2.67 bits per heavy atom. The van der Waals surface area contributed by atoms with Gasteiger partial charge >= 0.3 is 0 Å². The van der Waals surface area contributed by atoms with Crippen molar-refractivity contribution >= 4 is 0 Å². The lowest BCUT2D eigenvalue weighted by Crippen LogP contribution is -2.31. The predicted octanol–water partition coefficient (Wildman–Crippen LogP) is 0.618. The second-order valence-corrected chi connectivity index (χ2v) is 3.37. The zero-order chi connectivity index (χ0) is 8.81. The fourth-order valence-electron chi connectivity index (χ4n) is 1.84. The average molecular weight is 167 g/mol. The van der Waals surface area contributed by atoms with Crippen LogP contribution in [0.5, 0.6) is 0 Å². The molecule has 2 heteroatoms. The molecule has 1 aliphatic heterocycles.